The molecule has 0 saturated carbocycles. The van der Waals surface area contributed by atoms with Gasteiger partial charge in [0, 0.05) is 19.3 Å². The molecule has 0 aliphatic heterocycles. The number of carbonyl (C=O) groups is 2. The Labute approximate surface area is 128 Å². The van der Waals surface area contributed by atoms with Crippen molar-refractivity contribution in [2.24, 2.45) is 5.92 Å². The van der Waals surface area contributed by atoms with Crippen LogP contribution in [0, 0.1) is 5.92 Å². The summed E-state index contributed by atoms with van der Waals surface area (Å²) in [5.41, 5.74) is 0.567. The van der Waals surface area contributed by atoms with E-state index in [1.807, 2.05) is 13.8 Å². The van der Waals surface area contributed by atoms with E-state index in [4.69, 9.17) is 0 Å². The van der Waals surface area contributed by atoms with E-state index in [1.54, 1.807) is 41.5 Å². The minimum absolute atomic E-state index is 0.0137. The van der Waals surface area contributed by atoms with E-state index in [0.717, 1.165) is 0 Å². The molecule has 2 amide bonds. The number of carbonyl (C=O) groups excluding carboxylic acids is 2. The molecule has 0 spiro atoms. The Bertz CT molecular complexity index is 634. The highest BCUT2D eigenvalue weighted by Crippen LogP contribution is 2.11. The zero-order valence-corrected chi connectivity index (χ0v) is 12.8. The zero-order valence-electron chi connectivity index (χ0n) is 12.8. The molecular weight excluding hydrogens is 282 g/mol. The summed E-state index contributed by atoms with van der Waals surface area (Å²) in [7, 11) is 0. The molecule has 0 radical (unpaired) electrons. The molecule has 2 heterocycles. The number of hydrogen-bond donors (Lipinski definition) is 2. The van der Waals surface area contributed by atoms with Crippen molar-refractivity contribution in [1.82, 2.24) is 20.1 Å². The van der Waals surface area contributed by atoms with Gasteiger partial charge >= 0.3 is 0 Å². The van der Waals surface area contributed by atoms with Crippen molar-refractivity contribution in [1.29, 1.82) is 0 Å². The largest absolute Gasteiger partial charge is 0.344 e. The minimum atomic E-state index is -0.580. The maximum absolute atomic E-state index is 12.2. The first-order valence-electron chi connectivity index (χ1n) is 7.01. The quantitative estimate of drug-likeness (QED) is 0.873. The lowest BCUT2D eigenvalue weighted by Crippen LogP contribution is -2.46. The predicted octanol–water partition coefficient (Wildman–Crippen LogP) is 1.37. The van der Waals surface area contributed by atoms with Gasteiger partial charge in [-0.15, -0.1) is 0 Å². The van der Waals surface area contributed by atoms with Crippen LogP contribution >= 0.6 is 0 Å². The third-order valence-corrected chi connectivity index (χ3v) is 3.06. The molecule has 2 N–H and O–H groups in total. The Morgan fingerprint density at radius 1 is 1.27 bits per heavy atom. The van der Waals surface area contributed by atoms with Gasteiger partial charge in [-0.1, -0.05) is 13.8 Å². The number of hydrogen-bond acceptors (Lipinski definition) is 4. The van der Waals surface area contributed by atoms with Gasteiger partial charge in [-0.05, 0) is 24.1 Å². The van der Waals surface area contributed by atoms with Crippen LogP contribution in [0.3, 0.4) is 0 Å². The maximum atomic E-state index is 12.2. The molecule has 116 valence electrons. The fraction of sp³-hybridized carbons (Fsp3) is 0.333. The fourth-order valence-electron chi connectivity index (χ4n) is 1.97. The van der Waals surface area contributed by atoms with Gasteiger partial charge in [0.2, 0.25) is 11.8 Å². The van der Waals surface area contributed by atoms with E-state index in [9.17, 15) is 9.59 Å². The Morgan fingerprint density at radius 2 is 2.05 bits per heavy atom. The fourth-order valence-corrected chi connectivity index (χ4v) is 1.97. The molecule has 2 rings (SSSR count). The maximum Gasteiger partial charge on any atom is 0.247 e. The average molecular weight is 301 g/mol. The Morgan fingerprint density at radius 3 is 2.55 bits per heavy atom. The SMILES string of the molecule is CC(=O)N[C@H](C(=O)Nc1ccc(-n2cccn2)nc1)C(C)C. The smallest absolute Gasteiger partial charge is 0.247 e. The Hall–Kier alpha value is -2.70. The first-order chi connectivity index (χ1) is 10.5. The van der Waals surface area contributed by atoms with Gasteiger partial charge in [0.1, 0.15) is 6.04 Å². The van der Waals surface area contributed by atoms with Gasteiger partial charge in [0.25, 0.3) is 0 Å². The second-order valence-corrected chi connectivity index (χ2v) is 5.27. The van der Waals surface area contributed by atoms with Crippen LogP contribution in [-0.4, -0.2) is 32.6 Å². The molecule has 0 aliphatic rings. The molecule has 0 aliphatic carbocycles. The van der Waals surface area contributed by atoms with Crippen molar-refractivity contribution >= 4 is 17.5 Å². The van der Waals surface area contributed by atoms with Crippen molar-refractivity contribution in [3.8, 4) is 5.82 Å². The summed E-state index contributed by atoms with van der Waals surface area (Å²) in [6, 6.07) is 4.72. The molecule has 0 fully saturated rings. The van der Waals surface area contributed by atoms with E-state index < -0.39 is 6.04 Å². The van der Waals surface area contributed by atoms with E-state index >= 15 is 0 Å². The van der Waals surface area contributed by atoms with Gasteiger partial charge in [-0.2, -0.15) is 5.10 Å². The van der Waals surface area contributed by atoms with Crippen LogP contribution in [0.15, 0.2) is 36.8 Å². The van der Waals surface area contributed by atoms with Gasteiger partial charge in [-0.25, -0.2) is 9.67 Å². The molecular formula is C15H19N5O2. The highest BCUT2D eigenvalue weighted by Gasteiger charge is 2.23. The number of nitrogens with one attached hydrogen (secondary N) is 2. The van der Waals surface area contributed by atoms with Crippen molar-refractivity contribution in [3.05, 3.63) is 36.8 Å². The van der Waals surface area contributed by atoms with Crippen LogP contribution in [0.2, 0.25) is 0 Å². The first kappa shape index (κ1) is 15.7. The predicted molar refractivity (Wildman–Crippen MR) is 82.4 cm³/mol. The highest BCUT2D eigenvalue weighted by atomic mass is 16.2. The zero-order chi connectivity index (χ0) is 16.1. The van der Waals surface area contributed by atoms with Crippen LogP contribution in [-0.2, 0) is 9.59 Å². The van der Waals surface area contributed by atoms with E-state index in [-0.39, 0.29) is 17.7 Å². The lowest BCUT2D eigenvalue weighted by atomic mass is 10.0. The highest BCUT2D eigenvalue weighted by molar-refractivity contribution is 5.97. The van der Waals surface area contributed by atoms with E-state index in [1.165, 1.54) is 6.92 Å². The monoisotopic (exact) mass is 301 g/mol. The summed E-state index contributed by atoms with van der Waals surface area (Å²) < 4.78 is 1.62. The van der Waals surface area contributed by atoms with Crippen molar-refractivity contribution < 1.29 is 9.59 Å². The van der Waals surface area contributed by atoms with Gasteiger partial charge in [0.15, 0.2) is 5.82 Å². The standard InChI is InChI=1S/C15H19N5O2/c1-10(2)14(18-11(3)21)15(22)19-12-5-6-13(16-9-12)20-8-4-7-17-20/h4-10,14H,1-3H3,(H,18,21)(H,19,22)/t14-/m0/s1. The molecule has 7 heteroatoms. The summed E-state index contributed by atoms with van der Waals surface area (Å²) in [5, 5.41) is 9.48. The summed E-state index contributed by atoms with van der Waals surface area (Å²) in [6.07, 6.45) is 5.00. The lowest BCUT2D eigenvalue weighted by Gasteiger charge is -2.20. The van der Waals surface area contributed by atoms with Gasteiger partial charge in [-0.3, -0.25) is 9.59 Å². The summed E-state index contributed by atoms with van der Waals surface area (Å²) in [5.74, 6) is 0.144. The molecule has 7 nitrogen and oxygen atoms in total. The van der Waals surface area contributed by atoms with Crippen LogP contribution in [0.1, 0.15) is 20.8 Å². The summed E-state index contributed by atoms with van der Waals surface area (Å²) >= 11 is 0. The number of amides is 2. The summed E-state index contributed by atoms with van der Waals surface area (Å²) in [4.78, 5) is 27.6. The van der Waals surface area contributed by atoms with Crippen molar-refractivity contribution in [2.75, 3.05) is 5.32 Å². The molecule has 0 aromatic carbocycles. The van der Waals surface area contributed by atoms with E-state index in [0.29, 0.717) is 11.5 Å². The topological polar surface area (TPSA) is 88.9 Å². The molecule has 0 saturated heterocycles. The molecule has 2 aromatic heterocycles. The first-order valence-corrected chi connectivity index (χ1v) is 7.01. The van der Waals surface area contributed by atoms with Crippen LogP contribution in [0.4, 0.5) is 5.69 Å². The second kappa shape index (κ2) is 6.84. The summed E-state index contributed by atoms with van der Waals surface area (Å²) in [6.45, 7) is 5.14. The number of pyridine rings is 1. The lowest BCUT2D eigenvalue weighted by molar-refractivity contribution is -0.126. The third-order valence-electron chi connectivity index (χ3n) is 3.06. The molecule has 2 aromatic rings. The van der Waals surface area contributed by atoms with Crippen LogP contribution in [0.25, 0.3) is 5.82 Å². The van der Waals surface area contributed by atoms with E-state index in [2.05, 4.69) is 20.7 Å². The van der Waals surface area contributed by atoms with Crippen LogP contribution in [0.5, 0.6) is 0 Å². The van der Waals surface area contributed by atoms with Gasteiger partial charge in [0.05, 0.1) is 11.9 Å². The van der Waals surface area contributed by atoms with Gasteiger partial charge < -0.3 is 10.6 Å². The number of anilines is 1. The second-order valence-electron chi connectivity index (χ2n) is 5.27. The number of rotatable bonds is 5. The molecule has 1 atom stereocenters. The molecule has 22 heavy (non-hydrogen) atoms. The third kappa shape index (κ3) is 3.91. The molecule has 0 bridgehead atoms. The van der Waals surface area contributed by atoms with Crippen molar-refractivity contribution in [2.45, 2.75) is 26.8 Å². The number of nitrogens with zero attached hydrogens (tertiary/aromatic N) is 3. The Kier molecular flexibility index (Phi) is 4.88. The van der Waals surface area contributed by atoms with Crippen molar-refractivity contribution in [3.63, 3.8) is 0 Å². The Balaban J connectivity index is 2.06. The number of aromatic nitrogens is 3. The van der Waals surface area contributed by atoms with Crippen LogP contribution < -0.4 is 10.6 Å². The normalized spacial score (nSPS) is 12.0. The minimum Gasteiger partial charge on any atom is -0.344 e. The average Bonchev–Trinajstić information content (AvgIpc) is 2.99. The molecule has 0 unspecified atom stereocenters.